The number of halogens is 2. The lowest BCUT2D eigenvalue weighted by Gasteiger charge is -2.07. The predicted molar refractivity (Wildman–Crippen MR) is 44.4 cm³/mol. The normalized spacial score (nSPS) is 15.8. The first-order valence-electron chi connectivity index (χ1n) is 4.08. The highest BCUT2D eigenvalue weighted by Crippen LogP contribution is 2.31. The molecule has 0 atom stereocenters. The molecule has 0 unspecified atom stereocenters. The van der Waals surface area contributed by atoms with E-state index in [-0.39, 0.29) is 17.5 Å². The summed E-state index contributed by atoms with van der Waals surface area (Å²) in [4.78, 5) is 0. The molecule has 0 saturated heterocycles. The van der Waals surface area contributed by atoms with Crippen molar-refractivity contribution in [3.63, 3.8) is 0 Å². The molecule has 0 aliphatic heterocycles. The minimum atomic E-state index is -0.732. The zero-order valence-electron chi connectivity index (χ0n) is 6.89. The summed E-state index contributed by atoms with van der Waals surface area (Å²) in [6.45, 7) is 0. The van der Waals surface area contributed by atoms with Gasteiger partial charge in [-0.3, -0.25) is 0 Å². The molecule has 1 aliphatic rings. The topological polar surface area (TPSA) is 35.2 Å². The van der Waals surface area contributed by atoms with E-state index >= 15 is 0 Å². The number of rotatable bonds is 2. The Labute approximate surface area is 74.3 Å². The van der Waals surface area contributed by atoms with Crippen LogP contribution in [0.1, 0.15) is 12.8 Å². The zero-order chi connectivity index (χ0) is 9.42. The van der Waals surface area contributed by atoms with Gasteiger partial charge in [0.15, 0.2) is 17.4 Å². The Morgan fingerprint density at radius 1 is 1.23 bits per heavy atom. The summed E-state index contributed by atoms with van der Waals surface area (Å²) < 4.78 is 31.1. The molecular weight excluding hydrogens is 176 g/mol. The molecule has 13 heavy (non-hydrogen) atoms. The van der Waals surface area contributed by atoms with Crippen molar-refractivity contribution >= 4 is 5.69 Å². The van der Waals surface area contributed by atoms with Crippen LogP contribution in [0.2, 0.25) is 0 Å². The molecule has 1 saturated carbocycles. The van der Waals surface area contributed by atoms with E-state index in [1.807, 2.05) is 0 Å². The number of anilines is 1. The maximum absolute atomic E-state index is 13.1. The summed E-state index contributed by atoms with van der Waals surface area (Å²) >= 11 is 0. The van der Waals surface area contributed by atoms with E-state index in [2.05, 4.69) is 0 Å². The third-order valence-electron chi connectivity index (χ3n) is 1.83. The number of benzene rings is 1. The Kier molecular flexibility index (Phi) is 1.83. The molecule has 1 aromatic rings. The zero-order valence-corrected chi connectivity index (χ0v) is 6.89. The molecule has 1 aromatic carbocycles. The van der Waals surface area contributed by atoms with Crippen LogP contribution in [0.15, 0.2) is 12.1 Å². The maximum Gasteiger partial charge on any atom is 0.191 e. The van der Waals surface area contributed by atoms with Crippen molar-refractivity contribution in [2.24, 2.45) is 0 Å². The molecule has 2 N–H and O–H groups in total. The number of ether oxygens (including phenoxy) is 1. The molecule has 0 aromatic heterocycles. The Morgan fingerprint density at radius 3 is 2.23 bits per heavy atom. The van der Waals surface area contributed by atoms with Crippen molar-refractivity contribution in [2.75, 3.05) is 5.73 Å². The minimum absolute atomic E-state index is 0.0207. The molecule has 0 radical (unpaired) electrons. The molecule has 0 bridgehead atoms. The van der Waals surface area contributed by atoms with E-state index in [1.165, 1.54) is 0 Å². The first-order valence-corrected chi connectivity index (χ1v) is 4.08. The number of hydrogen-bond acceptors (Lipinski definition) is 2. The molecule has 1 aliphatic carbocycles. The average Bonchev–Trinajstić information content (AvgIpc) is 2.79. The van der Waals surface area contributed by atoms with E-state index < -0.39 is 11.6 Å². The van der Waals surface area contributed by atoms with E-state index in [0.29, 0.717) is 0 Å². The van der Waals surface area contributed by atoms with Gasteiger partial charge in [0.25, 0.3) is 0 Å². The fraction of sp³-hybridized carbons (Fsp3) is 0.333. The van der Waals surface area contributed by atoms with Crippen molar-refractivity contribution < 1.29 is 13.5 Å². The lowest BCUT2D eigenvalue weighted by Crippen LogP contribution is -2.02. The van der Waals surface area contributed by atoms with Gasteiger partial charge in [-0.25, -0.2) is 8.78 Å². The van der Waals surface area contributed by atoms with Gasteiger partial charge in [-0.15, -0.1) is 0 Å². The van der Waals surface area contributed by atoms with Crippen molar-refractivity contribution in [3.05, 3.63) is 23.8 Å². The summed E-state index contributed by atoms with van der Waals surface area (Å²) in [6, 6.07) is 2.11. The molecule has 70 valence electrons. The maximum atomic E-state index is 13.1. The molecule has 0 amide bonds. The third-order valence-corrected chi connectivity index (χ3v) is 1.83. The van der Waals surface area contributed by atoms with Crippen LogP contribution in [0, 0.1) is 11.6 Å². The van der Waals surface area contributed by atoms with Crippen LogP contribution in [0.3, 0.4) is 0 Å². The first kappa shape index (κ1) is 8.29. The SMILES string of the molecule is Nc1cc(F)c(OC2CC2)c(F)c1. The molecule has 2 nitrogen and oxygen atoms in total. The number of nitrogens with two attached hydrogens (primary N) is 1. The predicted octanol–water partition coefficient (Wildman–Crippen LogP) is 2.09. The van der Waals surface area contributed by atoms with Gasteiger partial charge in [0.1, 0.15) is 0 Å². The van der Waals surface area contributed by atoms with Gasteiger partial charge in [0.05, 0.1) is 6.10 Å². The summed E-state index contributed by atoms with van der Waals surface area (Å²) in [7, 11) is 0. The van der Waals surface area contributed by atoms with Crippen molar-refractivity contribution in [1.29, 1.82) is 0 Å². The summed E-state index contributed by atoms with van der Waals surface area (Å²) in [5.74, 6) is -1.77. The molecule has 2 rings (SSSR count). The lowest BCUT2D eigenvalue weighted by atomic mass is 10.3. The molecule has 0 heterocycles. The molecule has 0 spiro atoms. The van der Waals surface area contributed by atoms with Crippen molar-refractivity contribution in [1.82, 2.24) is 0 Å². The van der Waals surface area contributed by atoms with Crippen LogP contribution in [0.5, 0.6) is 5.75 Å². The van der Waals surface area contributed by atoms with Gasteiger partial charge in [0.2, 0.25) is 0 Å². The second kappa shape index (κ2) is 2.87. The fourth-order valence-electron chi connectivity index (χ4n) is 1.04. The van der Waals surface area contributed by atoms with E-state index in [0.717, 1.165) is 25.0 Å². The largest absolute Gasteiger partial charge is 0.484 e. The number of nitrogen functional groups attached to an aromatic ring is 1. The van der Waals surface area contributed by atoms with Gasteiger partial charge in [-0.2, -0.15) is 0 Å². The van der Waals surface area contributed by atoms with E-state index in [9.17, 15) is 8.78 Å². The number of hydrogen-bond donors (Lipinski definition) is 1. The summed E-state index contributed by atoms with van der Waals surface area (Å²) in [6.07, 6.45) is 1.71. The quantitative estimate of drug-likeness (QED) is 0.716. The van der Waals surface area contributed by atoms with Gasteiger partial charge in [0, 0.05) is 17.8 Å². The Bertz CT molecular complexity index is 313. The van der Waals surface area contributed by atoms with Crippen LogP contribution in [-0.4, -0.2) is 6.10 Å². The standard InChI is InChI=1S/C9H9F2NO/c10-7-3-5(12)4-8(11)9(7)13-6-1-2-6/h3-4,6H,1-2,12H2. The lowest BCUT2D eigenvalue weighted by molar-refractivity contribution is 0.272. The smallest absolute Gasteiger partial charge is 0.191 e. The van der Waals surface area contributed by atoms with Crippen LogP contribution in [-0.2, 0) is 0 Å². The fourth-order valence-corrected chi connectivity index (χ4v) is 1.04. The van der Waals surface area contributed by atoms with Crippen molar-refractivity contribution in [2.45, 2.75) is 18.9 Å². The Balaban J connectivity index is 2.31. The Hall–Kier alpha value is -1.32. The monoisotopic (exact) mass is 185 g/mol. The molecule has 4 heteroatoms. The molecular formula is C9H9F2NO. The van der Waals surface area contributed by atoms with Crippen molar-refractivity contribution in [3.8, 4) is 5.75 Å². The summed E-state index contributed by atoms with van der Waals surface area (Å²) in [5.41, 5.74) is 5.31. The second-order valence-electron chi connectivity index (χ2n) is 3.13. The minimum Gasteiger partial charge on any atom is -0.484 e. The van der Waals surface area contributed by atoms with Crippen LogP contribution >= 0.6 is 0 Å². The van der Waals surface area contributed by atoms with Crippen LogP contribution in [0.4, 0.5) is 14.5 Å². The van der Waals surface area contributed by atoms with Gasteiger partial charge in [-0.1, -0.05) is 0 Å². The highest BCUT2D eigenvalue weighted by molar-refractivity contribution is 5.44. The van der Waals surface area contributed by atoms with Gasteiger partial charge in [-0.05, 0) is 12.8 Å². The second-order valence-corrected chi connectivity index (χ2v) is 3.13. The summed E-state index contributed by atoms with van der Waals surface area (Å²) in [5, 5.41) is 0. The van der Waals surface area contributed by atoms with E-state index in [4.69, 9.17) is 10.5 Å². The average molecular weight is 185 g/mol. The highest BCUT2D eigenvalue weighted by Gasteiger charge is 2.26. The van der Waals surface area contributed by atoms with Gasteiger partial charge < -0.3 is 10.5 Å². The highest BCUT2D eigenvalue weighted by atomic mass is 19.1. The van der Waals surface area contributed by atoms with Crippen LogP contribution in [0.25, 0.3) is 0 Å². The van der Waals surface area contributed by atoms with Gasteiger partial charge >= 0.3 is 0 Å². The van der Waals surface area contributed by atoms with E-state index in [1.54, 1.807) is 0 Å². The molecule has 1 fully saturated rings. The Morgan fingerprint density at radius 2 is 1.77 bits per heavy atom. The third kappa shape index (κ3) is 1.71. The van der Waals surface area contributed by atoms with Crippen LogP contribution < -0.4 is 10.5 Å². The first-order chi connectivity index (χ1) is 6.16.